The average Bonchev–Trinajstić information content (AvgIpc) is 3.32. The SMILES string of the molecule is CC(=O)NCCOc1ccc(NC(=O)c2sc3nc(-c4ccc(F)cc4)cn3c2C)cc1. The molecule has 164 valence electrons. The molecule has 0 aliphatic heterocycles. The highest BCUT2D eigenvalue weighted by Crippen LogP contribution is 2.28. The molecule has 2 amide bonds. The Kier molecular flexibility index (Phi) is 6.18. The molecule has 9 heteroatoms. The molecule has 0 aliphatic carbocycles. The van der Waals surface area contributed by atoms with Crippen molar-refractivity contribution in [2.45, 2.75) is 13.8 Å². The largest absolute Gasteiger partial charge is 0.492 e. The lowest BCUT2D eigenvalue weighted by Gasteiger charge is -2.08. The van der Waals surface area contributed by atoms with Gasteiger partial charge in [-0.25, -0.2) is 9.37 Å². The fraction of sp³-hybridized carbons (Fsp3) is 0.174. The van der Waals surface area contributed by atoms with Gasteiger partial charge in [-0.15, -0.1) is 0 Å². The summed E-state index contributed by atoms with van der Waals surface area (Å²) in [7, 11) is 0. The van der Waals surface area contributed by atoms with Gasteiger partial charge in [0.05, 0.1) is 12.2 Å². The Balaban J connectivity index is 1.42. The monoisotopic (exact) mass is 452 g/mol. The van der Waals surface area contributed by atoms with Crippen LogP contribution in [0.5, 0.6) is 5.75 Å². The predicted octanol–water partition coefficient (Wildman–Crippen LogP) is 4.28. The molecule has 0 aliphatic rings. The second kappa shape index (κ2) is 9.19. The number of aromatic nitrogens is 2. The Bertz CT molecular complexity index is 1260. The third kappa shape index (κ3) is 4.78. The number of hydrogen-bond donors (Lipinski definition) is 2. The van der Waals surface area contributed by atoms with Crippen LogP contribution < -0.4 is 15.4 Å². The molecule has 32 heavy (non-hydrogen) atoms. The number of nitrogens with zero attached hydrogens (tertiary/aromatic N) is 2. The molecule has 7 nitrogen and oxygen atoms in total. The molecular weight excluding hydrogens is 431 g/mol. The number of anilines is 1. The predicted molar refractivity (Wildman–Crippen MR) is 122 cm³/mol. The molecule has 2 aromatic carbocycles. The molecule has 4 aromatic rings. The van der Waals surface area contributed by atoms with Crippen LogP contribution in [0.1, 0.15) is 22.3 Å². The number of ether oxygens (including phenoxy) is 1. The van der Waals surface area contributed by atoms with Crippen LogP contribution in [0.3, 0.4) is 0 Å². The van der Waals surface area contributed by atoms with Gasteiger partial charge in [0.25, 0.3) is 5.91 Å². The van der Waals surface area contributed by atoms with Crippen LogP contribution in [0.15, 0.2) is 54.7 Å². The van der Waals surface area contributed by atoms with Crippen molar-refractivity contribution in [3.63, 3.8) is 0 Å². The first kappa shape index (κ1) is 21.5. The number of rotatable bonds is 7. The summed E-state index contributed by atoms with van der Waals surface area (Å²) in [6.07, 6.45) is 1.85. The van der Waals surface area contributed by atoms with Gasteiger partial charge < -0.3 is 15.4 Å². The van der Waals surface area contributed by atoms with Crippen molar-refractivity contribution in [1.29, 1.82) is 0 Å². The molecular formula is C23H21FN4O3S. The zero-order chi connectivity index (χ0) is 22.7. The van der Waals surface area contributed by atoms with Crippen LogP contribution in [-0.4, -0.2) is 34.4 Å². The van der Waals surface area contributed by atoms with E-state index >= 15 is 0 Å². The van der Waals surface area contributed by atoms with Gasteiger partial charge in [0.2, 0.25) is 5.91 Å². The number of imidazole rings is 1. The average molecular weight is 453 g/mol. The molecule has 0 unspecified atom stereocenters. The highest BCUT2D eigenvalue weighted by atomic mass is 32.1. The quantitative estimate of drug-likeness (QED) is 0.410. The van der Waals surface area contributed by atoms with Crippen molar-refractivity contribution >= 4 is 33.8 Å². The highest BCUT2D eigenvalue weighted by Gasteiger charge is 2.18. The number of thiazole rings is 1. The smallest absolute Gasteiger partial charge is 0.267 e. The summed E-state index contributed by atoms with van der Waals surface area (Å²) in [4.78, 5) is 29.5. The lowest BCUT2D eigenvalue weighted by atomic mass is 10.2. The van der Waals surface area contributed by atoms with Crippen LogP contribution in [-0.2, 0) is 4.79 Å². The summed E-state index contributed by atoms with van der Waals surface area (Å²) in [5.74, 6) is 0.0252. The normalized spacial score (nSPS) is 10.8. The minimum Gasteiger partial charge on any atom is -0.492 e. The van der Waals surface area contributed by atoms with E-state index in [1.165, 1.54) is 30.4 Å². The van der Waals surface area contributed by atoms with Crippen molar-refractivity contribution in [1.82, 2.24) is 14.7 Å². The van der Waals surface area contributed by atoms with E-state index in [0.29, 0.717) is 34.4 Å². The number of amides is 2. The molecule has 0 bridgehead atoms. The van der Waals surface area contributed by atoms with Gasteiger partial charge in [0, 0.05) is 30.1 Å². The highest BCUT2D eigenvalue weighted by molar-refractivity contribution is 7.19. The van der Waals surface area contributed by atoms with Gasteiger partial charge in [-0.1, -0.05) is 11.3 Å². The third-order valence-electron chi connectivity index (χ3n) is 4.76. The van der Waals surface area contributed by atoms with Gasteiger partial charge in [-0.3, -0.25) is 14.0 Å². The van der Waals surface area contributed by atoms with E-state index in [-0.39, 0.29) is 17.6 Å². The Morgan fingerprint density at radius 1 is 1.12 bits per heavy atom. The number of hydrogen-bond acceptors (Lipinski definition) is 5. The van der Waals surface area contributed by atoms with Crippen LogP contribution in [0.4, 0.5) is 10.1 Å². The first-order chi connectivity index (χ1) is 15.4. The van der Waals surface area contributed by atoms with Crippen LogP contribution in [0.2, 0.25) is 0 Å². The first-order valence-corrected chi connectivity index (χ1v) is 10.8. The fourth-order valence-corrected chi connectivity index (χ4v) is 4.14. The number of halogens is 1. The van der Waals surface area contributed by atoms with Crippen molar-refractivity contribution < 1.29 is 18.7 Å². The molecule has 4 rings (SSSR count). The zero-order valence-electron chi connectivity index (χ0n) is 17.5. The molecule has 0 saturated heterocycles. The number of carbonyl (C=O) groups excluding carboxylic acids is 2. The van der Waals surface area contributed by atoms with E-state index in [1.54, 1.807) is 36.4 Å². The summed E-state index contributed by atoms with van der Waals surface area (Å²) >= 11 is 1.30. The molecule has 2 N–H and O–H groups in total. The van der Waals surface area contributed by atoms with E-state index < -0.39 is 0 Å². The molecule has 0 radical (unpaired) electrons. The first-order valence-electron chi connectivity index (χ1n) is 9.94. The Morgan fingerprint density at radius 3 is 2.50 bits per heavy atom. The Hall–Kier alpha value is -3.72. The lowest BCUT2D eigenvalue weighted by molar-refractivity contribution is -0.119. The third-order valence-corrected chi connectivity index (χ3v) is 5.92. The topological polar surface area (TPSA) is 84.7 Å². The fourth-order valence-electron chi connectivity index (χ4n) is 3.14. The number of nitrogens with one attached hydrogen (secondary N) is 2. The van der Waals surface area contributed by atoms with Crippen LogP contribution in [0.25, 0.3) is 16.2 Å². The van der Waals surface area contributed by atoms with Crippen LogP contribution >= 0.6 is 11.3 Å². The summed E-state index contributed by atoms with van der Waals surface area (Å²) < 4.78 is 20.6. The van der Waals surface area contributed by atoms with Gasteiger partial charge in [-0.05, 0) is 55.5 Å². The molecule has 0 saturated carbocycles. The standard InChI is InChI=1S/C23H21FN4O3S/c1-14-21(32-23-27-20(13-28(14)23)16-3-5-17(24)6-4-16)22(30)26-18-7-9-19(10-8-18)31-12-11-25-15(2)29/h3-10,13H,11-12H2,1-2H3,(H,25,29)(H,26,30). The molecule has 2 aromatic heterocycles. The maximum Gasteiger partial charge on any atom is 0.267 e. The van der Waals surface area contributed by atoms with E-state index in [1.807, 2.05) is 17.5 Å². The Labute approximate surface area is 187 Å². The van der Waals surface area contributed by atoms with Gasteiger partial charge in [-0.2, -0.15) is 0 Å². The molecule has 0 fully saturated rings. The Morgan fingerprint density at radius 2 is 1.84 bits per heavy atom. The molecule has 0 spiro atoms. The summed E-state index contributed by atoms with van der Waals surface area (Å²) in [6, 6.07) is 13.2. The number of fused-ring (bicyclic) bond motifs is 1. The van der Waals surface area contributed by atoms with E-state index in [9.17, 15) is 14.0 Å². The second-order valence-corrected chi connectivity index (χ2v) is 8.09. The maximum absolute atomic E-state index is 13.2. The summed E-state index contributed by atoms with van der Waals surface area (Å²) in [6.45, 7) is 4.10. The summed E-state index contributed by atoms with van der Waals surface area (Å²) in [5, 5.41) is 5.55. The van der Waals surface area contributed by atoms with E-state index in [0.717, 1.165) is 17.0 Å². The van der Waals surface area contributed by atoms with Crippen molar-refractivity contribution in [2.75, 3.05) is 18.5 Å². The van der Waals surface area contributed by atoms with Gasteiger partial charge >= 0.3 is 0 Å². The second-order valence-electron chi connectivity index (χ2n) is 7.11. The van der Waals surface area contributed by atoms with Gasteiger partial charge in [0.1, 0.15) is 23.1 Å². The van der Waals surface area contributed by atoms with E-state index in [4.69, 9.17) is 4.74 Å². The number of benzene rings is 2. The number of aryl methyl sites for hydroxylation is 1. The van der Waals surface area contributed by atoms with Gasteiger partial charge in [0.15, 0.2) is 4.96 Å². The lowest BCUT2D eigenvalue weighted by Crippen LogP contribution is -2.25. The van der Waals surface area contributed by atoms with Crippen molar-refractivity contribution in [2.24, 2.45) is 0 Å². The minimum absolute atomic E-state index is 0.102. The van der Waals surface area contributed by atoms with Crippen molar-refractivity contribution in [3.05, 3.63) is 71.1 Å². The minimum atomic E-state index is -0.297. The number of carbonyl (C=O) groups is 2. The van der Waals surface area contributed by atoms with Crippen molar-refractivity contribution in [3.8, 4) is 17.0 Å². The summed E-state index contributed by atoms with van der Waals surface area (Å²) in [5.41, 5.74) is 2.95. The maximum atomic E-state index is 13.2. The van der Waals surface area contributed by atoms with E-state index in [2.05, 4.69) is 15.6 Å². The van der Waals surface area contributed by atoms with Crippen LogP contribution in [0, 0.1) is 12.7 Å². The molecule has 2 heterocycles. The zero-order valence-corrected chi connectivity index (χ0v) is 18.3. The molecule has 0 atom stereocenters.